The average Bonchev–Trinajstić information content (AvgIpc) is 2.77. The molecule has 3 aromatic rings. The molecular weight excluding hydrogens is 369 g/mol. The largest absolute Gasteiger partial charge is 0.377 e. The first-order chi connectivity index (χ1) is 14.1. The van der Waals surface area contributed by atoms with Crippen molar-refractivity contribution in [1.29, 1.82) is 0 Å². The van der Waals surface area contributed by atoms with Gasteiger partial charge in [-0.2, -0.15) is 0 Å². The van der Waals surface area contributed by atoms with Gasteiger partial charge in [0.15, 0.2) is 5.78 Å². The molecule has 0 fully saturated rings. The number of hydrogen-bond donors (Lipinski definition) is 1. The van der Waals surface area contributed by atoms with E-state index in [1.807, 2.05) is 31.2 Å². The van der Waals surface area contributed by atoms with E-state index in [0.29, 0.717) is 25.3 Å². The molecule has 0 aromatic heterocycles. The number of carbonyl (C=O) groups excluding carboxylic acids is 2. The molecule has 0 atom stereocenters. The monoisotopic (exact) mass is 391 g/mol. The topological polar surface area (TPSA) is 55.4 Å². The first kappa shape index (κ1) is 20.4. The normalized spacial score (nSPS) is 10.6. The molecular formula is C24H22FNO3. The highest BCUT2D eigenvalue weighted by Gasteiger charge is 2.18. The molecule has 0 saturated heterocycles. The van der Waals surface area contributed by atoms with Crippen LogP contribution in [0.5, 0.6) is 0 Å². The lowest BCUT2D eigenvalue weighted by Gasteiger charge is -2.10. The Kier molecular flexibility index (Phi) is 6.87. The van der Waals surface area contributed by atoms with E-state index in [1.165, 1.54) is 24.3 Å². The molecule has 0 bridgehead atoms. The second-order valence-corrected chi connectivity index (χ2v) is 6.52. The summed E-state index contributed by atoms with van der Waals surface area (Å²) in [5.74, 6) is -1.08. The Labute approximate surface area is 169 Å². The van der Waals surface area contributed by atoms with Gasteiger partial charge in [0, 0.05) is 24.3 Å². The number of rotatable bonds is 8. The molecule has 29 heavy (non-hydrogen) atoms. The molecule has 0 spiro atoms. The van der Waals surface area contributed by atoms with E-state index in [-0.39, 0.29) is 22.8 Å². The van der Waals surface area contributed by atoms with E-state index >= 15 is 0 Å². The number of hydrogen-bond acceptors (Lipinski definition) is 3. The number of ether oxygens (including phenoxy) is 1. The minimum Gasteiger partial charge on any atom is -0.377 e. The van der Waals surface area contributed by atoms with E-state index in [0.717, 1.165) is 11.1 Å². The lowest BCUT2D eigenvalue weighted by Crippen LogP contribution is -2.25. The van der Waals surface area contributed by atoms with E-state index in [9.17, 15) is 14.0 Å². The standard InChI is InChI=1S/C24H22FNO3/c1-2-29-16-18-9-7-17(8-10-18)15-26-24(28)22-6-4-3-5-21(22)23(27)19-11-13-20(25)14-12-19/h3-14H,2,15-16H2,1H3,(H,26,28). The van der Waals surface area contributed by atoms with Gasteiger partial charge in [0.1, 0.15) is 5.82 Å². The zero-order valence-corrected chi connectivity index (χ0v) is 16.2. The zero-order valence-electron chi connectivity index (χ0n) is 16.2. The molecule has 4 nitrogen and oxygen atoms in total. The maximum atomic E-state index is 13.1. The fourth-order valence-electron chi connectivity index (χ4n) is 2.89. The average molecular weight is 391 g/mol. The molecule has 5 heteroatoms. The highest BCUT2D eigenvalue weighted by atomic mass is 19.1. The lowest BCUT2D eigenvalue weighted by atomic mass is 9.98. The molecule has 0 saturated carbocycles. The number of benzene rings is 3. The van der Waals surface area contributed by atoms with Crippen LogP contribution in [-0.4, -0.2) is 18.3 Å². The van der Waals surface area contributed by atoms with Crippen LogP contribution in [-0.2, 0) is 17.9 Å². The van der Waals surface area contributed by atoms with Crippen molar-refractivity contribution in [1.82, 2.24) is 5.32 Å². The molecule has 0 heterocycles. The number of amides is 1. The summed E-state index contributed by atoms with van der Waals surface area (Å²) in [6, 6.07) is 19.7. The van der Waals surface area contributed by atoms with Crippen molar-refractivity contribution in [3.63, 3.8) is 0 Å². The summed E-state index contributed by atoms with van der Waals surface area (Å²) in [6.07, 6.45) is 0. The van der Waals surface area contributed by atoms with Gasteiger partial charge in [0.2, 0.25) is 0 Å². The second-order valence-electron chi connectivity index (χ2n) is 6.52. The van der Waals surface area contributed by atoms with E-state index < -0.39 is 5.82 Å². The third kappa shape index (κ3) is 5.36. The third-order valence-corrected chi connectivity index (χ3v) is 4.47. The lowest BCUT2D eigenvalue weighted by molar-refractivity contribution is 0.0939. The van der Waals surface area contributed by atoms with Gasteiger partial charge in [-0.15, -0.1) is 0 Å². The van der Waals surface area contributed by atoms with Gasteiger partial charge in [-0.05, 0) is 48.4 Å². The molecule has 1 amide bonds. The van der Waals surface area contributed by atoms with Gasteiger partial charge < -0.3 is 10.1 Å². The minimum absolute atomic E-state index is 0.281. The maximum absolute atomic E-state index is 13.1. The summed E-state index contributed by atoms with van der Waals surface area (Å²) >= 11 is 0. The van der Waals surface area contributed by atoms with Crippen molar-refractivity contribution in [3.8, 4) is 0 Å². The first-order valence-corrected chi connectivity index (χ1v) is 9.41. The van der Waals surface area contributed by atoms with Gasteiger partial charge >= 0.3 is 0 Å². The summed E-state index contributed by atoms with van der Waals surface area (Å²) < 4.78 is 18.5. The van der Waals surface area contributed by atoms with Crippen LogP contribution in [0.2, 0.25) is 0 Å². The van der Waals surface area contributed by atoms with E-state index in [1.54, 1.807) is 24.3 Å². The van der Waals surface area contributed by atoms with Crippen molar-refractivity contribution in [2.24, 2.45) is 0 Å². The minimum atomic E-state index is -0.417. The fraction of sp³-hybridized carbons (Fsp3) is 0.167. The van der Waals surface area contributed by atoms with Crippen molar-refractivity contribution in [2.75, 3.05) is 6.61 Å². The van der Waals surface area contributed by atoms with Gasteiger partial charge in [0.05, 0.1) is 12.2 Å². The van der Waals surface area contributed by atoms with Crippen LogP contribution >= 0.6 is 0 Å². The Hall–Kier alpha value is -3.31. The molecule has 0 radical (unpaired) electrons. The second kappa shape index (κ2) is 9.75. The number of carbonyl (C=O) groups is 2. The maximum Gasteiger partial charge on any atom is 0.252 e. The van der Waals surface area contributed by atoms with Crippen LogP contribution in [0, 0.1) is 5.82 Å². The molecule has 0 unspecified atom stereocenters. The summed E-state index contributed by atoms with van der Waals surface area (Å²) in [7, 11) is 0. The highest BCUT2D eigenvalue weighted by Crippen LogP contribution is 2.16. The van der Waals surface area contributed by atoms with Gasteiger partial charge in [0.25, 0.3) is 5.91 Å². The molecule has 3 rings (SSSR count). The van der Waals surface area contributed by atoms with Gasteiger partial charge in [-0.25, -0.2) is 4.39 Å². The van der Waals surface area contributed by atoms with E-state index in [2.05, 4.69) is 5.32 Å². The van der Waals surface area contributed by atoms with Crippen LogP contribution in [0.1, 0.15) is 44.3 Å². The summed E-state index contributed by atoms with van der Waals surface area (Å²) in [5, 5.41) is 2.85. The van der Waals surface area contributed by atoms with Gasteiger partial charge in [-0.1, -0.05) is 42.5 Å². The Bertz CT molecular complexity index is 982. The van der Waals surface area contributed by atoms with Crippen molar-refractivity contribution >= 4 is 11.7 Å². The van der Waals surface area contributed by atoms with Crippen molar-refractivity contribution in [3.05, 3.63) is 106 Å². The Morgan fingerprint density at radius 2 is 1.48 bits per heavy atom. The van der Waals surface area contributed by atoms with Crippen molar-refractivity contribution < 1.29 is 18.7 Å². The highest BCUT2D eigenvalue weighted by molar-refractivity contribution is 6.15. The fourth-order valence-corrected chi connectivity index (χ4v) is 2.89. The number of nitrogens with one attached hydrogen (secondary N) is 1. The van der Waals surface area contributed by atoms with Crippen molar-refractivity contribution in [2.45, 2.75) is 20.1 Å². The molecule has 3 aromatic carbocycles. The van der Waals surface area contributed by atoms with Crippen LogP contribution in [0.15, 0.2) is 72.8 Å². The quantitative estimate of drug-likeness (QED) is 0.574. The number of halogens is 1. The smallest absolute Gasteiger partial charge is 0.252 e. The predicted molar refractivity (Wildman–Crippen MR) is 109 cm³/mol. The Morgan fingerprint density at radius 3 is 2.14 bits per heavy atom. The Morgan fingerprint density at radius 1 is 0.862 bits per heavy atom. The summed E-state index contributed by atoms with van der Waals surface area (Å²) in [5.41, 5.74) is 2.91. The SMILES string of the molecule is CCOCc1ccc(CNC(=O)c2ccccc2C(=O)c2ccc(F)cc2)cc1. The summed E-state index contributed by atoms with van der Waals surface area (Å²) in [6.45, 7) is 3.51. The molecule has 0 aliphatic heterocycles. The van der Waals surface area contributed by atoms with Crippen LogP contribution < -0.4 is 5.32 Å². The molecule has 0 aliphatic rings. The molecule has 1 N–H and O–H groups in total. The zero-order chi connectivity index (χ0) is 20.6. The molecule has 148 valence electrons. The van der Waals surface area contributed by atoms with Crippen LogP contribution in [0.25, 0.3) is 0 Å². The van der Waals surface area contributed by atoms with Crippen LogP contribution in [0.4, 0.5) is 4.39 Å². The number of ketones is 1. The van der Waals surface area contributed by atoms with E-state index in [4.69, 9.17) is 4.74 Å². The third-order valence-electron chi connectivity index (χ3n) is 4.47. The summed E-state index contributed by atoms with van der Waals surface area (Å²) in [4.78, 5) is 25.5. The van der Waals surface area contributed by atoms with Gasteiger partial charge in [-0.3, -0.25) is 9.59 Å². The van der Waals surface area contributed by atoms with Crippen LogP contribution in [0.3, 0.4) is 0 Å². The first-order valence-electron chi connectivity index (χ1n) is 9.41. The Balaban J connectivity index is 1.70. The predicted octanol–water partition coefficient (Wildman–Crippen LogP) is 4.52. The molecule has 0 aliphatic carbocycles.